The van der Waals surface area contributed by atoms with E-state index in [4.69, 9.17) is 4.74 Å². The number of anilines is 2. The van der Waals surface area contributed by atoms with Gasteiger partial charge in [0.1, 0.15) is 11.3 Å². The standard InChI is InChI=1S/C14H15NO2S.C11H14N2O2S/c1-3-17-14(16)11-9-12(18-13(11)15-2)10-7-5-4-6-8-10;1-16-13-10-4-2-3-9(7-10)8-11(15)12-5-6-14/h4-9,15H,3H2,1-2H3;2-4,6-7,13H,5,8H2,1H3,(H,12,15). The van der Waals surface area contributed by atoms with Crippen molar-refractivity contribution in [3.63, 3.8) is 0 Å². The number of esters is 1. The first kappa shape index (κ1) is 26.9. The molecule has 9 heteroatoms. The van der Waals surface area contributed by atoms with Crippen molar-refractivity contribution in [3.05, 3.63) is 71.8 Å². The fraction of sp³-hybridized carbons (Fsp3) is 0.240. The summed E-state index contributed by atoms with van der Waals surface area (Å²) >= 11 is 3.05. The normalized spacial score (nSPS) is 9.85. The van der Waals surface area contributed by atoms with Gasteiger partial charge in [0.25, 0.3) is 0 Å². The van der Waals surface area contributed by atoms with Gasteiger partial charge in [0.15, 0.2) is 0 Å². The van der Waals surface area contributed by atoms with Crippen molar-refractivity contribution in [2.45, 2.75) is 13.3 Å². The average Bonchev–Trinajstić information content (AvgIpc) is 3.29. The lowest BCUT2D eigenvalue weighted by molar-refractivity contribution is -0.121. The molecule has 0 aliphatic heterocycles. The van der Waals surface area contributed by atoms with Crippen molar-refractivity contribution in [2.24, 2.45) is 0 Å². The van der Waals surface area contributed by atoms with Gasteiger partial charge in [-0.15, -0.1) is 11.3 Å². The number of carbonyl (C=O) groups excluding carboxylic acids is 3. The fourth-order valence-electron chi connectivity index (χ4n) is 2.95. The Morgan fingerprint density at radius 3 is 2.50 bits per heavy atom. The van der Waals surface area contributed by atoms with Crippen molar-refractivity contribution in [1.82, 2.24) is 5.32 Å². The van der Waals surface area contributed by atoms with Gasteiger partial charge in [0, 0.05) is 23.9 Å². The van der Waals surface area contributed by atoms with E-state index in [9.17, 15) is 14.4 Å². The van der Waals surface area contributed by atoms with Gasteiger partial charge in [0.05, 0.1) is 25.1 Å². The quantitative estimate of drug-likeness (QED) is 0.208. The largest absolute Gasteiger partial charge is 0.462 e. The van der Waals surface area contributed by atoms with Gasteiger partial charge in [-0.1, -0.05) is 54.4 Å². The lowest BCUT2D eigenvalue weighted by atomic mass is 10.1. The summed E-state index contributed by atoms with van der Waals surface area (Å²) in [5.74, 6) is -0.423. The summed E-state index contributed by atoms with van der Waals surface area (Å²) < 4.78 is 8.14. The van der Waals surface area contributed by atoms with Gasteiger partial charge in [-0.25, -0.2) is 4.79 Å². The van der Waals surface area contributed by atoms with Crippen LogP contribution in [0.3, 0.4) is 0 Å². The van der Waals surface area contributed by atoms with Crippen LogP contribution in [0.25, 0.3) is 10.4 Å². The molecule has 3 aromatic rings. The molecular formula is C25H29N3O4S2. The van der Waals surface area contributed by atoms with E-state index in [1.165, 1.54) is 11.9 Å². The molecule has 3 rings (SSSR count). The lowest BCUT2D eigenvalue weighted by Gasteiger charge is -2.05. The molecule has 0 radical (unpaired) electrons. The van der Waals surface area contributed by atoms with Crippen LogP contribution in [0.1, 0.15) is 22.8 Å². The second kappa shape index (κ2) is 14.8. The zero-order valence-corrected chi connectivity index (χ0v) is 21.1. The second-order valence-corrected chi connectivity index (χ2v) is 8.51. The fourth-order valence-corrected chi connectivity index (χ4v) is 4.32. The van der Waals surface area contributed by atoms with E-state index in [2.05, 4.69) is 15.4 Å². The monoisotopic (exact) mass is 499 g/mol. The highest BCUT2D eigenvalue weighted by molar-refractivity contribution is 7.99. The number of carbonyl (C=O) groups is 3. The van der Waals surface area contributed by atoms with Gasteiger partial charge in [-0.2, -0.15) is 0 Å². The molecule has 1 heterocycles. The maximum Gasteiger partial charge on any atom is 0.341 e. The van der Waals surface area contributed by atoms with Crippen LogP contribution >= 0.6 is 23.3 Å². The summed E-state index contributed by atoms with van der Waals surface area (Å²) in [6, 6.07) is 19.5. The van der Waals surface area contributed by atoms with Gasteiger partial charge in [-0.3, -0.25) is 4.79 Å². The molecule has 0 aliphatic rings. The molecule has 0 saturated carbocycles. The predicted molar refractivity (Wildman–Crippen MR) is 142 cm³/mol. The first-order chi connectivity index (χ1) is 16.5. The van der Waals surface area contributed by atoms with E-state index < -0.39 is 0 Å². The summed E-state index contributed by atoms with van der Waals surface area (Å²) in [6.45, 7) is 2.27. The first-order valence-electron chi connectivity index (χ1n) is 10.6. The summed E-state index contributed by atoms with van der Waals surface area (Å²) in [7, 11) is 1.81. The van der Waals surface area contributed by atoms with Crippen LogP contribution in [-0.2, 0) is 20.7 Å². The third-order valence-electron chi connectivity index (χ3n) is 4.41. The smallest absolute Gasteiger partial charge is 0.341 e. The number of ether oxygens (including phenoxy) is 1. The van der Waals surface area contributed by atoms with Crippen LogP contribution in [0, 0.1) is 0 Å². The molecule has 0 unspecified atom stereocenters. The third-order valence-corrected chi connectivity index (χ3v) is 6.05. The molecule has 34 heavy (non-hydrogen) atoms. The maximum atomic E-state index is 11.8. The topological polar surface area (TPSA) is 96.5 Å². The van der Waals surface area contributed by atoms with Crippen LogP contribution in [0.15, 0.2) is 60.7 Å². The minimum atomic E-state index is -0.278. The number of hydrogen-bond donors (Lipinski definition) is 3. The Morgan fingerprint density at radius 2 is 1.85 bits per heavy atom. The van der Waals surface area contributed by atoms with Crippen molar-refractivity contribution in [2.75, 3.05) is 36.5 Å². The summed E-state index contributed by atoms with van der Waals surface area (Å²) in [6.07, 6.45) is 2.89. The molecule has 0 bridgehead atoms. The predicted octanol–water partition coefficient (Wildman–Crippen LogP) is 4.87. The van der Waals surface area contributed by atoms with Gasteiger partial charge >= 0.3 is 5.97 Å². The molecule has 0 atom stereocenters. The second-order valence-electron chi connectivity index (χ2n) is 6.84. The molecule has 1 aromatic heterocycles. The van der Waals surface area contributed by atoms with Crippen molar-refractivity contribution < 1.29 is 19.1 Å². The van der Waals surface area contributed by atoms with Gasteiger partial charge < -0.3 is 24.9 Å². The molecule has 180 valence electrons. The zero-order chi connectivity index (χ0) is 24.8. The Labute approximate surface area is 208 Å². The van der Waals surface area contributed by atoms with Crippen molar-refractivity contribution in [3.8, 4) is 10.4 Å². The molecule has 0 spiro atoms. The van der Waals surface area contributed by atoms with Crippen LogP contribution < -0.4 is 15.4 Å². The van der Waals surface area contributed by atoms with Gasteiger partial charge in [-0.05, 0) is 36.2 Å². The SMILES string of the molecule is CCOC(=O)c1cc(-c2ccccc2)sc1NC.CSNc1cccc(CC(=O)NCC=O)c1. The summed E-state index contributed by atoms with van der Waals surface area (Å²) in [5, 5.41) is 6.38. The number of amides is 1. The molecule has 0 aliphatic carbocycles. The molecule has 1 amide bonds. The average molecular weight is 500 g/mol. The lowest BCUT2D eigenvalue weighted by Crippen LogP contribution is -2.26. The number of nitrogens with one attached hydrogen (secondary N) is 3. The number of aldehydes is 1. The minimum absolute atomic E-state index is 0.0710. The van der Waals surface area contributed by atoms with E-state index in [0.717, 1.165) is 26.7 Å². The molecule has 3 N–H and O–H groups in total. The Bertz CT molecular complexity index is 1070. The van der Waals surface area contributed by atoms with E-state index in [0.29, 0.717) is 18.5 Å². The van der Waals surface area contributed by atoms with Crippen LogP contribution in [0.4, 0.5) is 10.7 Å². The Kier molecular flexibility index (Phi) is 11.7. The van der Waals surface area contributed by atoms with E-state index in [-0.39, 0.29) is 24.8 Å². The van der Waals surface area contributed by atoms with Crippen molar-refractivity contribution >= 4 is 52.1 Å². The summed E-state index contributed by atoms with van der Waals surface area (Å²) in [5.41, 5.74) is 3.59. The maximum absolute atomic E-state index is 11.8. The Balaban J connectivity index is 0.000000242. The first-order valence-corrected chi connectivity index (χ1v) is 12.7. The molecule has 2 aromatic carbocycles. The molecule has 0 fully saturated rings. The van der Waals surface area contributed by atoms with E-state index >= 15 is 0 Å². The molecule has 7 nitrogen and oxygen atoms in total. The van der Waals surface area contributed by atoms with Crippen LogP contribution in [0.5, 0.6) is 0 Å². The number of benzene rings is 2. The highest BCUT2D eigenvalue weighted by atomic mass is 32.2. The summed E-state index contributed by atoms with van der Waals surface area (Å²) in [4.78, 5) is 34.3. The number of hydrogen-bond acceptors (Lipinski definition) is 8. The molecule has 0 saturated heterocycles. The highest BCUT2D eigenvalue weighted by Crippen LogP contribution is 2.35. The van der Waals surface area contributed by atoms with Crippen LogP contribution in [0.2, 0.25) is 0 Å². The van der Waals surface area contributed by atoms with Gasteiger partial charge in [0.2, 0.25) is 5.91 Å². The van der Waals surface area contributed by atoms with Crippen LogP contribution in [-0.4, -0.2) is 44.6 Å². The highest BCUT2D eigenvalue weighted by Gasteiger charge is 2.16. The number of thiophene rings is 1. The zero-order valence-electron chi connectivity index (χ0n) is 19.4. The third kappa shape index (κ3) is 8.57. The molecular weight excluding hydrogens is 470 g/mol. The van der Waals surface area contributed by atoms with E-state index in [1.54, 1.807) is 18.3 Å². The van der Waals surface area contributed by atoms with Crippen molar-refractivity contribution in [1.29, 1.82) is 0 Å². The Hall–Kier alpha value is -3.30. The number of rotatable bonds is 10. The van der Waals surface area contributed by atoms with E-state index in [1.807, 2.05) is 74.0 Å². The Morgan fingerprint density at radius 1 is 1.09 bits per heavy atom. The minimum Gasteiger partial charge on any atom is -0.462 e.